The fraction of sp³-hybridized carbons (Fsp3) is 0.280. The van der Waals surface area contributed by atoms with Crippen molar-refractivity contribution in [3.63, 3.8) is 0 Å². The number of nitrogens with zero attached hydrogens (tertiary/aromatic N) is 1. The molecular formula is C25H22Cl2N2O5. The van der Waals surface area contributed by atoms with Gasteiger partial charge in [0, 0.05) is 12.1 Å². The molecule has 9 heteroatoms. The molecule has 0 saturated carbocycles. The van der Waals surface area contributed by atoms with Crippen LogP contribution in [0.4, 0.5) is 5.69 Å². The highest BCUT2D eigenvalue weighted by Crippen LogP contribution is 2.36. The van der Waals surface area contributed by atoms with Crippen molar-refractivity contribution in [2.24, 2.45) is 11.8 Å². The standard InChI is InChI=1S/C25H22Cl2N2O5/c26-19-11-10-16(13-20(19)27)28-22(30)14-34-25(33)21(12-15-6-2-1-3-7-15)29-23(31)17-8-4-5-9-18(17)24(29)32/h1-7,10-11,13,17-18,21H,8-9,12,14H2,(H,28,30)/t17-,18+,21-/m0/s1. The molecule has 1 aliphatic carbocycles. The molecule has 0 spiro atoms. The lowest BCUT2D eigenvalue weighted by Crippen LogP contribution is -2.48. The molecule has 176 valence electrons. The summed E-state index contributed by atoms with van der Waals surface area (Å²) < 4.78 is 5.26. The summed E-state index contributed by atoms with van der Waals surface area (Å²) >= 11 is 11.8. The SMILES string of the molecule is O=C(COC(=O)[C@H](Cc1ccccc1)N1C(=O)[C@H]2CC=CC[C@H]2C1=O)Nc1ccc(Cl)c(Cl)c1. The Kier molecular flexibility index (Phi) is 7.34. The Balaban J connectivity index is 1.48. The van der Waals surface area contributed by atoms with Gasteiger partial charge in [-0.3, -0.25) is 19.3 Å². The van der Waals surface area contributed by atoms with Crippen LogP contribution in [0.25, 0.3) is 0 Å². The van der Waals surface area contributed by atoms with Crippen LogP contribution in [-0.2, 0) is 30.3 Å². The summed E-state index contributed by atoms with van der Waals surface area (Å²) in [4.78, 5) is 52.6. The number of carbonyl (C=O) groups is 4. The highest BCUT2D eigenvalue weighted by Gasteiger charge is 2.51. The maximum absolute atomic E-state index is 13.1. The molecule has 1 N–H and O–H groups in total. The topological polar surface area (TPSA) is 92.8 Å². The van der Waals surface area contributed by atoms with Gasteiger partial charge in [-0.25, -0.2) is 4.79 Å². The van der Waals surface area contributed by atoms with E-state index in [1.54, 1.807) is 30.3 Å². The molecule has 0 unspecified atom stereocenters. The smallest absolute Gasteiger partial charge is 0.330 e. The van der Waals surface area contributed by atoms with E-state index in [0.717, 1.165) is 10.5 Å². The fourth-order valence-corrected chi connectivity index (χ4v) is 4.55. The van der Waals surface area contributed by atoms with Crippen LogP contribution in [0.5, 0.6) is 0 Å². The molecule has 1 aliphatic heterocycles. The number of amides is 3. The van der Waals surface area contributed by atoms with Gasteiger partial charge in [-0.15, -0.1) is 0 Å². The van der Waals surface area contributed by atoms with Crippen LogP contribution in [0.1, 0.15) is 18.4 Å². The van der Waals surface area contributed by atoms with Gasteiger partial charge in [-0.2, -0.15) is 0 Å². The number of ether oxygens (including phenoxy) is 1. The third kappa shape index (κ3) is 5.16. The Hall–Kier alpha value is -3.16. The Bertz CT molecular complexity index is 1130. The monoisotopic (exact) mass is 500 g/mol. The Morgan fingerprint density at radius 2 is 1.62 bits per heavy atom. The van der Waals surface area contributed by atoms with E-state index < -0.39 is 36.4 Å². The van der Waals surface area contributed by atoms with Crippen LogP contribution < -0.4 is 5.32 Å². The van der Waals surface area contributed by atoms with Crippen molar-refractivity contribution in [1.29, 1.82) is 0 Å². The first-order valence-electron chi connectivity index (χ1n) is 10.8. The fourth-order valence-electron chi connectivity index (χ4n) is 4.25. The van der Waals surface area contributed by atoms with Gasteiger partial charge in [0.1, 0.15) is 6.04 Å². The van der Waals surface area contributed by atoms with E-state index in [4.69, 9.17) is 27.9 Å². The highest BCUT2D eigenvalue weighted by molar-refractivity contribution is 6.42. The van der Waals surface area contributed by atoms with Gasteiger partial charge >= 0.3 is 5.97 Å². The number of imide groups is 1. The summed E-state index contributed by atoms with van der Waals surface area (Å²) in [6.07, 6.45) is 4.79. The molecule has 0 bridgehead atoms. The van der Waals surface area contributed by atoms with E-state index in [2.05, 4.69) is 5.32 Å². The average molecular weight is 501 g/mol. The second kappa shape index (κ2) is 10.4. The Morgan fingerprint density at radius 3 is 2.24 bits per heavy atom. The zero-order valence-electron chi connectivity index (χ0n) is 18.1. The largest absolute Gasteiger partial charge is 0.454 e. The van der Waals surface area contributed by atoms with Crippen molar-refractivity contribution < 1.29 is 23.9 Å². The van der Waals surface area contributed by atoms with Crippen molar-refractivity contribution in [2.45, 2.75) is 25.3 Å². The first-order chi connectivity index (χ1) is 16.3. The lowest BCUT2D eigenvalue weighted by Gasteiger charge is -2.25. The molecule has 2 aromatic rings. The molecule has 2 aromatic carbocycles. The summed E-state index contributed by atoms with van der Waals surface area (Å²) in [5.74, 6) is -3.11. The molecule has 1 heterocycles. The number of benzene rings is 2. The molecule has 7 nitrogen and oxygen atoms in total. The zero-order valence-corrected chi connectivity index (χ0v) is 19.6. The summed E-state index contributed by atoms with van der Waals surface area (Å²) in [6.45, 7) is -0.588. The van der Waals surface area contributed by atoms with Crippen molar-refractivity contribution in [1.82, 2.24) is 4.90 Å². The second-order valence-electron chi connectivity index (χ2n) is 8.19. The van der Waals surface area contributed by atoms with Crippen molar-refractivity contribution in [3.05, 3.63) is 76.3 Å². The molecule has 0 aromatic heterocycles. The van der Waals surface area contributed by atoms with Crippen molar-refractivity contribution >= 4 is 52.6 Å². The van der Waals surface area contributed by atoms with Gasteiger partial charge in [0.15, 0.2) is 6.61 Å². The van der Waals surface area contributed by atoms with Crippen molar-refractivity contribution in [2.75, 3.05) is 11.9 Å². The van der Waals surface area contributed by atoms with Gasteiger partial charge in [-0.1, -0.05) is 65.7 Å². The Morgan fingerprint density at radius 1 is 0.971 bits per heavy atom. The molecule has 34 heavy (non-hydrogen) atoms. The zero-order chi connectivity index (χ0) is 24.2. The van der Waals surface area contributed by atoms with Crippen LogP contribution in [0.15, 0.2) is 60.7 Å². The quantitative estimate of drug-likeness (QED) is 0.351. The normalized spacial score (nSPS) is 20.1. The molecule has 3 amide bonds. The van der Waals surface area contributed by atoms with Crippen LogP contribution in [0.2, 0.25) is 10.0 Å². The number of anilines is 1. The lowest BCUT2D eigenvalue weighted by atomic mass is 9.85. The van der Waals surface area contributed by atoms with Gasteiger partial charge < -0.3 is 10.1 Å². The number of halogens is 2. The van der Waals surface area contributed by atoms with Gasteiger partial charge in [0.2, 0.25) is 11.8 Å². The molecule has 0 radical (unpaired) electrons. The Labute approximate surface area is 206 Å². The summed E-state index contributed by atoms with van der Waals surface area (Å²) in [5.41, 5.74) is 1.15. The third-order valence-corrected chi connectivity index (χ3v) is 6.69. The van der Waals surface area contributed by atoms with E-state index in [9.17, 15) is 19.2 Å². The number of esters is 1. The van der Waals surface area contributed by atoms with E-state index in [-0.39, 0.29) is 23.3 Å². The minimum Gasteiger partial charge on any atom is -0.454 e. The number of allylic oxidation sites excluding steroid dienone is 2. The minimum atomic E-state index is -1.16. The molecular weight excluding hydrogens is 479 g/mol. The van der Waals surface area contributed by atoms with Gasteiger partial charge in [-0.05, 0) is 36.6 Å². The maximum atomic E-state index is 13.1. The predicted molar refractivity (Wildman–Crippen MR) is 127 cm³/mol. The number of fused-ring (bicyclic) bond motifs is 1. The summed E-state index contributed by atoms with van der Waals surface area (Å²) in [7, 11) is 0. The number of likely N-dealkylation sites (tertiary alicyclic amines) is 1. The lowest BCUT2D eigenvalue weighted by molar-refractivity contribution is -0.159. The first kappa shape index (κ1) is 24.0. The highest BCUT2D eigenvalue weighted by atomic mass is 35.5. The second-order valence-corrected chi connectivity index (χ2v) is 9.01. The number of nitrogens with one attached hydrogen (secondary N) is 1. The van der Waals surface area contributed by atoms with Crippen LogP contribution in [0.3, 0.4) is 0 Å². The number of carbonyl (C=O) groups excluding carboxylic acids is 4. The van der Waals surface area contributed by atoms with Gasteiger partial charge in [0.05, 0.1) is 21.9 Å². The number of hydrogen-bond donors (Lipinski definition) is 1. The predicted octanol–water partition coefficient (Wildman–Crippen LogP) is 4.04. The number of rotatable bonds is 7. The van der Waals surface area contributed by atoms with E-state index in [0.29, 0.717) is 23.6 Å². The molecule has 3 atom stereocenters. The molecule has 4 rings (SSSR count). The average Bonchev–Trinajstić information content (AvgIpc) is 3.09. The minimum absolute atomic E-state index is 0.0957. The van der Waals surface area contributed by atoms with E-state index in [1.165, 1.54) is 12.1 Å². The van der Waals surface area contributed by atoms with Crippen LogP contribution in [-0.4, -0.2) is 41.2 Å². The van der Waals surface area contributed by atoms with E-state index >= 15 is 0 Å². The van der Waals surface area contributed by atoms with Gasteiger partial charge in [0.25, 0.3) is 5.91 Å². The summed E-state index contributed by atoms with van der Waals surface area (Å²) in [5, 5.41) is 3.17. The third-order valence-electron chi connectivity index (χ3n) is 5.95. The van der Waals surface area contributed by atoms with Crippen molar-refractivity contribution in [3.8, 4) is 0 Å². The molecule has 1 fully saturated rings. The first-order valence-corrected chi connectivity index (χ1v) is 11.6. The summed E-state index contributed by atoms with van der Waals surface area (Å²) in [6, 6.07) is 12.4. The maximum Gasteiger partial charge on any atom is 0.330 e. The molecule has 2 aliphatic rings. The number of hydrogen-bond acceptors (Lipinski definition) is 5. The van der Waals surface area contributed by atoms with Crippen LogP contribution >= 0.6 is 23.2 Å². The van der Waals surface area contributed by atoms with Crippen LogP contribution in [0, 0.1) is 11.8 Å². The molecule has 1 saturated heterocycles. The van der Waals surface area contributed by atoms with E-state index in [1.807, 2.05) is 18.2 Å².